The van der Waals surface area contributed by atoms with Crippen LogP contribution in [-0.4, -0.2) is 46.3 Å². The Bertz CT molecular complexity index is 392. The first-order valence-corrected chi connectivity index (χ1v) is 7.74. The van der Waals surface area contributed by atoms with Gasteiger partial charge in [-0.3, -0.25) is 9.59 Å². The Labute approximate surface area is 115 Å². The maximum Gasteiger partial charge on any atom is 0.246 e. The molecule has 4 heteroatoms. The molecule has 3 unspecified atom stereocenters. The third kappa shape index (κ3) is 1.96. The molecule has 106 valence electrons. The Morgan fingerprint density at radius 2 is 1.79 bits per heavy atom. The van der Waals surface area contributed by atoms with Crippen molar-refractivity contribution in [1.29, 1.82) is 0 Å². The van der Waals surface area contributed by atoms with Crippen molar-refractivity contribution in [3.63, 3.8) is 0 Å². The topological polar surface area (TPSA) is 40.6 Å². The fourth-order valence-electron chi connectivity index (χ4n) is 3.88. The molecule has 19 heavy (non-hydrogen) atoms. The van der Waals surface area contributed by atoms with E-state index in [1.54, 1.807) is 0 Å². The molecular weight excluding hydrogens is 240 g/mol. The van der Waals surface area contributed by atoms with Crippen LogP contribution in [0.15, 0.2) is 0 Å². The van der Waals surface area contributed by atoms with Crippen LogP contribution in [0.2, 0.25) is 0 Å². The van der Waals surface area contributed by atoms with Crippen molar-refractivity contribution in [3.8, 4) is 0 Å². The number of carbonyl (C=O) groups is 2. The monoisotopic (exact) mass is 264 g/mol. The number of amides is 2. The fourth-order valence-corrected chi connectivity index (χ4v) is 3.88. The van der Waals surface area contributed by atoms with Crippen LogP contribution in [0.5, 0.6) is 0 Å². The highest BCUT2D eigenvalue weighted by molar-refractivity contribution is 5.97. The summed E-state index contributed by atoms with van der Waals surface area (Å²) in [5.74, 6) is 0.969. The molecular formula is C15H24N2O2. The van der Waals surface area contributed by atoms with Gasteiger partial charge in [-0.1, -0.05) is 6.42 Å². The van der Waals surface area contributed by atoms with Gasteiger partial charge in [-0.2, -0.15) is 0 Å². The van der Waals surface area contributed by atoms with Gasteiger partial charge in [0.15, 0.2) is 0 Å². The van der Waals surface area contributed by atoms with E-state index < -0.39 is 0 Å². The molecule has 4 nitrogen and oxygen atoms in total. The van der Waals surface area contributed by atoms with Gasteiger partial charge in [0.2, 0.25) is 11.8 Å². The maximum absolute atomic E-state index is 12.7. The molecule has 0 aromatic rings. The highest BCUT2D eigenvalue weighted by Gasteiger charge is 2.47. The molecule has 0 N–H and O–H groups in total. The van der Waals surface area contributed by atoms with E-state index in [9.17, 15) is 9.59 Å². The van der Waals surface area contributed by atoms with Gasteiger partial charge < -0.3 is 9.80 Å². The zero-order valence-electron chi connectivity index (χ0n) is 12.0. The molecule has 2 heterocycles. The molecule has 0 aromatic carbocycles. The summed E-state index contributed by atoms with van der Waals surface area (Å²) in [5, 5.41) is 0. The van der Waals surface area contributed by atoms with Crippen molar-refractivity contribution >= 4 is 11.8 Å². The third-order valence-electron chi connectivity index (χ3n) is 5.37. The lowest BCUT2D eigenvalue weighted by atomic mass is 9.78. The van der Waals surface area contributed by atoms with Crippen LogP contribution in [0.3, 0.4) is 0 Å². The van der Waals surface area contributed by atoms with Crippen LogP contribution >= 0.6 is 0 Å². The van der Waals surface area contributed by atoms with Crippen LogP contribution in [0.25, 0.3) is 0 Å². The number of nitrogens with zero attached hydrogens (tertiary/aromatic N) is 2. The summed E-state index contributed by atoms with van der Waals surface area (Å²) >= 11 is 0. The zero-order valence-corrected chi connectivity index (χ0v) is 12.0. The van der Waals surface area contributed by atoms with Crippen LogP contribution in [0.4, 0.5) is 0 Å². The summed E-state index contributed by atoms with van der Waals surface area (Å²) in [5.41, 5.74) is 0. The Morgan fingerprint density at radius 3 is 2.42 bits per heavy atom. The van der Waals surface area contributed by atoms with E-state index in [-0.39, 0.29) is 29.9 Å². The first-order valence-electron chi connectivity index (χ1n) is 7.74. The zero-order chi connectivity index (χ0) is 13.6. The van der Waals surface area contributed by atoms with Crippen molar-refractivity contribution in [2.45, 2.75) is 70.5 Å². The molecule has 3 aliphatic rings. The van der Waals surface area contributed by atoms with Gasteiger partial charge >= 0.3 is 0 Å². The minimum atomic E-state index is -0.266. The van der Waals surface area contributed by atoms with Gasteiger partial charge in [0.05, 0.1) is 0 Å². The van der Waals surface area contributed by atoms with Crippen LogP contribution in [0, 0.1) is 5.92 Å². The number of rotatable bonds is 2. The SMILES string of the molecule is CC1C(=O)N2CCCCC2C(=O)N1C(C)C1CCC1. The summed E-state index contributed by atoms with van der Waals surface area (Å²) in [6.45, 7) is 4.80. The standard InChI is InChI=1S/C15H24N2O2/c1-10(12-6-5-7-12)17-11(2)14(18)16-9-4-3-8-13(16)15(17)19/h10-13H,3-9H2,1-2H3. The minimum absolute atomic E-state index is 0.162. The molecule has 3 fully saturated rings. The van der Waals surface area contributed by atoms with Gasteiger partial charge in [-0.05, 0) is 51.9 Å². The van der Waals surface area contributed by atoms with Crippen LogP contribution in [0.1, 0.15) is 52.4 Å². The van der Waals surface area contributed by atoms with E-state index in [0.29, 0.717) is 5.92 Å². The van der Waals surface area contributed by atoms with Gasteiger partial charge in [0.1, 0.15) is 12.1 Å². The molecule has 0 aromatic heterocycles. The Hall–Kier alpha value is -1.06. The molecule has 3 atom stereocenters. The lowest BCUT2D eigenvalue weighted by Gasteiger charge is -2.50. The molecule has 0 bridgehead atoms. The van der Waals surface area contributed by atoms with Crippen molar-refractivity contribution < 1.29 is 9.59 Å². The average molecular weight is 264 g/mol. The van der Waals surface area contributed by atoms with Crippen LogP contribution < -0.4 is 0 Å². The highest BCUT2D eigenvalue weighted by Crippen LogP contribution is 2.36. The fraction of sp³-hybridized carbons (Fsp3) is 0.867. The molecule has 0 spiro atoms. The molecule has 0 radical (unpaired) electrons. The predicted molar refractivity (Wildman–Crippen MR) is 72.5 cm³/mol. The normalized spacial score (nSPS) is 34.0. The van der Waals surface area contributed by atoms with E-state index in [0.717, 1.165) is 25.8 Å². The second-order valence-corrected chi connectivity index (χ2v) is 6.40. The van der Waals surface area contributed by atoms with Crippen molar-refractivity contribution in [1.82, 2.24) is 9.80 Å². The maximum atomic E-state index is 12.7. The summed E-state index contributed by atoms with van der Waals surface area (Å²) < 4.78 is 0. The van der Waals surface area contributed by atoms with Crippen LogP contribution in [-0.2, 0) is 9.59 Å². The first kappa shape index (κ1) is 12.9. The van der Waals surface area contributed by atoms with Gasteiger partial charge in [0, 0.05) is 12.6 Å². The molecule has 2 saturated heterocycles. The number of carbonyl (C=O) groups excluding carboxylic acids is 2. The highest BCUT2D eigenvalue weighted by atomic mass is 16.2. The van der Waals surface area contributed by atoms with Crippen molar-refractivity contribution in [2.24, 2.45) is 5.92 Å². The number of piperidine rings is 1. The van der Waals surface area contributed by atoms with E-state index >= 15 is 0 Å². The summed E-state index contributed by atoms with van der Waals surface area (Å²) in [6, 6.07) is -0.207. The van der Waals surface area contributed by atoms with E-state index in [4.69, 9.17) is 0 Å². The van der Waals surface area contributed by atoms with E-state index in [1.807, 2.05) is 16.7 Å². The van der Waals surface area contributed by atoms with E-state index in [2.05, 4.69) is 6.92 Å². The van der Waals surface area contributed by atoms with Crippen molar-refractivity contribution in [3.05, 3.63) is 0 Å². The van der Waals surface area contributed by atoms with Gasteiger partial charge in [0.25, 0.3) is 0 Å². The number of fused-ring (bicyclic) bond motifs is 1. The Kier molecular flexibility index (Phi) is 3.27. The Morgan fingerprint density at radius 1 is 1.05 bits per heavy atom. The van der Waals surface area contributed by atoms with E-state index in [1.165, 1.54) is 19.3 Å². The Balaban J connectivity index is 1.83. The predicted octanol–water partition coefficient (Wildman–Crippen LogP) is 1.79. The number of piperazine rings is 1. The smallest absolute Gasteiger partial charge is 0.246 e. The van der Waals surface area contributed by atoms with Crippen molar-refractivity contribution in [2.75, 3.05) is 6.54 Å². The first-order chi connectivity index (χ1) is 9.11. The molecule has 1 saturated carbocycles. The molecule has 2 amide bonds. The van der Waals surface area contributed by atoms with Gasteiger partial charge in [-0.25, -0.2) is 0 Å². The molecule has 2 aliphatic heterocycles. The lowest BCUT2D eigenvalue weighted by molar-refractivity contribution is -0.167. The quantitative estimate of drug-likeness (QED) is 0.763. The second kappa shape index (κ2) is 4.80. The molecule has 1 aliphatic carbocycles. The number of hydrogen-bond donors (Lipinski definition) is 0. The summed E-state index contributed by atoms with van der Waals surface area (Å²) in [6.07, 6.45) is 6.65. The number of hydrogen-bond acceptors (Lipinski definition) is 2. The summed E-state index contributed by atoms with van der Waals surface area (Å²) in [4.78, 5) is 28.9. The second-order valence-electron chi connectivity index (χ2n) is 6.40. The largest absolute Gasteiger partial charge is 0.329 e. The summed E-state index contributed by atoms with van der Waals surface area (Å²) in [7, 11) is 0. The minimum Gasteiger partial charge on any atom is -0.329 e. The van der Waals surface area contributed by atoms with Gasteiger partial charge in [-0.15, -0.1) is 0 Å². The third-order valence-corrected chi connectivity index (χ3v) is 5.37. The molecule has 3 rings (SSSR count). The lowest BCUT2D eigenvalue weighted by Crippen LogP contribution is -2.67. The average Bonchev–Trinajstić information content (AvgIpc) is 2.34.